The van der Waals surface area contributed by atoms with E-state index in [4.69, 9.17) is 4.84 Å². The Labute approximate surface area is 173 Å². The molecule has 1 heterocycles. The predicted molar refractivity (Wildman–Crippen MR) is 115 cm³/mol. The van der Waals surface area contributed by atoms with Crippen LogP contribution in [0.1, 0.15) is 49.5 Å². The van der Waals surface area contributed by atoms with Gasteiger partial charge < -0.3 is 0 Å². The van der Waals surface area contributed by atoms with Gasteiger partial charge in [0.2, 0.25) is 0 Å². The summed E-state index contributed by atoms with van der Waals surface area (Å²) >= 11 is 0. The zero-order chi connectivity index (χ0) is 20.3. The van der Waals surface area contributed by atoms with E-state index in [-0.39, 0.29) is 11.1 Å². The largest absolute Gasteiger partial charge is 0.274 e. The number of rotatable bonds is 5. The minimum Gasteiger partial charge on any atom is -0.274 e. The van der Waals surface area contributed by atoms with Gasteiger partial charge in [0.25, 0.3) is 0 Å². The quantitative estimate of drug-likeness (QED) is 0.534. The highest BCUT2D eigenvalue weighted by atomic mass is 16.7. The molecular formula is C26H26N2O. The van der Waals surface area contributed by atoms with Gasteiger partial charge in [0.1, 0.15) is 6.07 Å². The van der Waals surface area contributed by atoms with Crippen LogP contribution >= 0.6 is 0 Å². The topological polar surface area (TPSA) is 36.3 Å². The van der Waals surface area contributed by atoms with E-state index in [1.165, 1.54) is 11.1 Å². The molecule has 3 heteroatoms. The molecule has 0 aromatic heterocycles. The van der Waals surface area contributed by atoms with Crippen molar-refractivity contribution in [3.8, 4) is 6.07 Å². The van der Waals surface area contributed by atoms with Gasteiger partial charge in [-0.3, -0.25) is 4.84 Å². The van der Waals surface area contributed by atoms with Crippen LogP contribution in [0.5, 0.6) is 0 Å². The Bertz CT molecular complexity index is 930. The van der Waals surface area contributed by atoms with Gasteiger partial charge >= 0.3 is 0 Å². The molecule has 0 saturated carbocycles. The summed E-state index contributed by atoms with van der Waals surface area (Å²) in [5.74, 6) is 0. The van der Waals surface area contributed by atoms with Crippen LogP contribution in [0.4, 0.5) is 0 Å². The zero-order valence-electron chi connectivity index (χ0n) is 17.0. The summed E-state index contributed by atoms with van der Waals surface area (Å²) in [5, 5.41) is 12.0. The van der Waals surface area contributed by atoms with Crippen LogP contribution in [0.2, 0.25) is 0 Å². The predicted octanol–water partition coefficient (Wildman–Crippen LogP) is 6.11. The maximum absolute atomic E-state index is 9.92. The number of hydrogen-bond acceptors (Lipinski definition) is 3. The van der Waals surface area contributed by atoms with Gasteiger partial charge in [0.15, 0.2) is 6.10 Å². The average molecular weight is 383 g/mol. The number of nitriles is 1. The molecule has 1 fully saturated rings. The molecule has 0 radical (unpaired) electrons. The molecule has 146 valence electrons. The number of hydrogen-bond donors (Lipinski definition) is 0. The van der Waals surface area contributed by atoms with Crippen LogP contribution < -0.4 is 0 Å². The Morgan fingerprint density at radius 1 is 0.759 bits per heavy atom. The van der Waals surface area contributed by atoms with Crippen molar-refractivity contribution in [1.29, 1.82) is 5.26 Å². The van der Waals surface area contributed by atoms with Crippen LogP contribution in [-0.2, 0) is 15.9 Å². The van der Waals surface area contributed by atoms with E-state index >= 15 is 0 Å². The molecule has 3 atom stereocenters. The van der Waals surface area contributed by atoms with E-state index in [1.807, 2.05) is 42.5 Å². The van der Waals surface area contributed by atoms with Crippen LogP contribution in [0.25, 0.3) is 0 Å². The SMILES string of the molecule is C[C@@]1(c2ccccc2)CC[C@@](C)(c2ccccc2)N1OC(C#N)c1ccccc1. The van der Waals surface area contributed by atoms with Crippen LogP contribution in [0.3, 0.4) is 0 Å². The Balaban J connectivity index is 1.79. The second kappa shape index (κ2) is 7.83. The first kappa shape index (κ1) is 19.4. The van der Waals surface area contributed by atoms with Crippen molar-refractivity contribution in [2.75, 3.05) is 0 Å². The first-order valence-corrected chi connectivity index (χ1v) is 10.1. The zero-order valence-corrected chi connectivity index (χ0v) is 17.0. The molecular weight excluding hydrogens is 356 g/mol. The van der Waals surface area contributed by atoms with Crippen molar-refractivity contribution in [1.82, 2.24) is 5.06 Å². The normalized spacial score (nSPS) is 25.4. The van der Waals surface area contributed by atoms with Gasteiger partial charge in [-0.25, -0.2) is 0 Å². The first-order chi connectivity index (χ1) is 14.1. The standard InChI is InChI=1S/C26H26N2O/c1-25(22-14-8-4-9-15-22)18-19-26(2,23-16-10-5-11-17-23)28(25)29-24(20-27)21-12-6-3-7-13-21/h3-17,24H,18-19H2,1-2H3/t24?,25-,26-/m0/s1. The second-order valence-electron chi connectivity index (χ2n) is 8.10. The average Bonchev–Trinajstić information content (AvgIpc) is 3.06. The second-order valence-corrected chi connectivity index (χ2v) is 8.10. The molecule has 1 aliphatic rings. The summed E-state index contributed by atoms with van der Waals surface area (Å²) in [6.45, 7) is 4.44. The van der Waals surface area contributed by atoms with Crippen molar-refractivity contribution >= 4 is 0 Å². The lowest BCUT2D eigenvalue weighted by Crippen LogP contribution is -2.48. The fourth-order valence-electron chi connectivity index (χ4n) is 4.48. The molecule has 3 nitrogen and oxygen atoms in total. The fourth-order valence-corrected chi connectivity index (χ4v) is 4.48. The van der Waals surface area contributed by atoms with E-state index < -0.39 is 6.10 Å². The van der Waals surface area contributed by atoms with Gasteiger partial charge in [0.05, 0.1) is 11.1 Å². The lowest BCUT2D eigenvalue weighted by molar-refractivity contribution is -0.274. The van der Waals surface area contributed by atoms with Crippen molar-refractivity contribution in [2.24, 2.45) is 0 Å². The summed E-state index contributed by atoms with van der Waals surface area (Å²) in [6, 6.07) is 33.0. The van der Waals surface area contributed by atoms with E-state index in [0.717, 1.165) is 18.4 Å². The molecule has 29 heavy (non-hydrogen) atoms. The third-order valence-corrected chi connectivity index (χ3v) is 6.22. The van der Waals surface area contributed by atoms with E-state index in [9.17, 15) is 5.26 Å². The van der Waals surface area contributed by atoms with Crippen LogP contribution in [-0.4, -0.2) is 5.06 Å². The molecule has 0 amide bonds. The van der Waals surface area contributed by atoms with Gasteiger partial charge in [-0.1, -0.05) is 91.0 Å². The molecule has 0 spiro atoms. The lowest BCUT2D eigenvalue weighted by atomic mass is 9.89. The molecule has 4 rings (SSSR count). The molecule has 1 aliphatic heterocycles. The highest BCUT2D eigenvalue weighted by molar-refractivity contribution is 5.32. The molecule has 1 saturated heterocycles. The van der Waals surface area contributed by atoms with Crippen molar-refractivity contribution in [2.45, 2.75) is 43.9 Å². The highest BCUT2D eigenvalue weighted by Crippen LogP contribution is 2.53. The van der Waals surface area contributed by atoms with E-state index in [1.54, 1.807) is 0 Å². The van der Waals surface area contributed by atoms with Crippen molar-refractivity contribution < 1.29 is 4.84 Å². The monoisotopic (exact) mass is 382 g/mol. The molecule has 1 unspecified atom stereocenters. The minimum absolute atomic E-state index is 0.338. The van der Waals surface area contributed by atoms with Crippen LogP contribution in [0, 0.1) is 11.3 Å². The van der Waals surface area contributed by atoms with Crippen molar-refractivity contribution in [3.05, 3.63) is 108 Å². The minimum atomic E-state index is -0.666. The Morgan fingerprint density at radius 2 is 1.17 bits per heavy atom. The van der Waals surface area contributed by atoms with Gasteiger partial charge in [-0.2, -0.15) is 10.3 Å². The first-order valence-electron chi connectivity index (χ1n) is 10.1. The number of benzene rings is 3. The Hall–Kier alpha value is -2.93. The van der Waals surface area contributed by atoms with E-state index in [0.29, 0.717) is 0 Å². The van der Waals surface area contributed by atoms with Gasteiger partial charge in [0, 0.05) is 0 Å². The fraction of sp³-hybridized carbons (Fsp3) is 0.269. The lowest BCUT2D eigenvalue weighted by Gasteiger charge is -2.44. The number of hydroxylamine groups is 2. The summed E-state index contributed by atoms with van der Waals surface area (Å²) in [4.78, 5) is 6.56. The summed E-state index contributed by atoms with van der Waals surface area (Å²) in [7, 11) is 0. The van der Waals surface area contributed by atoms with Crippen molar-refractivity contribution in [3.63, 3.8) is 0 Å². The molecule has 3 aromatic carbocycles. The van der Waals surface area contributed by atoms with Crippen LogP contribution in [0.15, 0.2) is 91.0 Å². The molecule has 0 N–H and O–H groups in total. The smallest absolute Gasteiger partial charge is 0.190 e. The molecule has 0 aliphatic carbocycles. The summed E-state index contributed by atoms with van der Waals surface area (Å²) in [6.07, 6.45) is 1.21. The maximum atomic E-state index is 9.92. The molecule has 0 bridgehead atoms. The highest BCUT2D eigenvalue weighted by Gasteiger charge is 2.53. The third kappa shape index (κ3) is 3.46. The molecule has 3 aromatic rings. The Kier molecular flexibility index (Phi) is 5.24. The Morgan fingerprint density at radius 3 is 1.59 bits per heavy atom. The maximum Gasteiger partial charge on any atom is 0.190 e. The van der Waals surface area contributed by atoms with E-state index in [2.05, 4.69) is 73.5 Å². The third-order valence-electron chi connectivity index (χ3n) is 6.22. The number of nitrogens with zero attached hydrogens (tertiary/aromatic N) is 2. The summed E-state index contributed by atoms with van der Waals surface area (Å²) in [5.41, 5.74) is 2.59. The summed E-state index contributed by atoms with van der Waals surface area (Å²) < 4.78 is 0. The van der Waals surface area contributed by atoms with Gasteiger partial charge in [-0.15, -0.1) is 0 Å². The van der Waals surface area contributed by atoms with Gasteiger partial charge in [-0.05, 0) is 43.4 Å².